The van der Waals surface area contributed by atoms with E-state index in [9.17, 15) is 4.79 Å². The van der Waals surface area contributed by atoms with E-state index in [1.165, 1.54) is 0 Å². The number of carbonyl (C=O) groups excluding carboxylic acids is 1. The van der Waals surface area contributed by atoms with Crippen LogP contribution in [0.3, 0.4) is 0 Å². The van der Waals surface area contributed by atoms with Gasteiger partial charge in [-0.3, -0.25) is 4.79 Å². The predicted molar refractivity (Wildman–Crippen MR) is 73.8 cm³/mol. The van der Waals surface area contributed by atoms with Gasteiger partial charge in [0.1, 0.15) is 0 Å². The molecule has 0 unspecified atom stereocenters. The fourth-order valence-electron chi connectivity index (χ4n) is 2.26. The first-order valence-corrected chi connectivity index (χ1v) is 6.79. The minimum Gasteiger partial charge on any atom is -0.337 e. The normalized spacial score (nSPS) is 19.9. The highest BCUT2D eigenvalue weighted by Gasteiger charge is 2.22. The van der Waals surface area contributed by atoms with Gasteiger partial charge < -0.3 is 10.2 Å². The lowest BCUT2D eigenvalue weighted by Gasteiger charge is -2.34. The van der Waals surface area contributed by atoms with E-state index in [1.807, 2.05) is 29.2 Å². The second-order valence-electron chi connectivity index (χ2n) is 4.77. The van der Waals surface area contributed by atoms with Gasteiger partial charge in [0, 0.05) is 37.1 Å². The summed E-state index contributed by atoms with van der Waals surface area (Å²) in [5.41, 5.74) is 1.16. The zero-order valence-electron chi connectivity index (χ0n) is 10.7. The van der Waals surface area contributed by atoms with Gasteiger partial charge in [-0.05, 0) is 31.0 Å². The SMILES string of the molecule is C[C@H]1CNCCN1C(=O)CCc1ccc(Cl)cc1. The number of rotatable bonds is 3. The molecule has 4 heteroatoms. The summed E-state index contributed by atoms with van der Waals surface area (Å²) in [5.74, 6) is 0.249. The Morgan fingerprint density at radius 1 is 1.44 bits per heavy atom. The maximum Gasteiger partial charge on any atom is 0.223 e. The molecule has 1 saturated heterocycles. The highest BCUT2D eigenvalue weighted by molar-refractivity contribution is 6.30. The topological polar surface area (TPSA) is 32.3 Å². The average Bonchev–Trinajstić information content (AvgIpc) is 2.38. The summed E-state index contributed by atoms with van der Waals surface area (Å²) in [6.07, 6.45) is 1.36. The van der Waals surface area contributed by atoms with Crippen molar-refractivity contribution in [2.45, 2.75) is 25.8 Å². The Bertz CT molecular complexity index is 405. The molecule has 1 N–H and O–H groups in total. The zero-order chi connectivity index (χ0) is 13.0. The summed E-state index contributed by atoms with van der Waals surface area (Å²) < 4.78 is 0. The van der Waals surface area contributed by atoms with E-state index in [-0.39, 0.29) is 5.91 Å². The lowest BCUT2D eigenvalue weighted by atomic mass is 10.1. The number of hydrogen-bond acceptors (Lipinski definition) is 2. The van der Waals surface area contributed by atoms with Gasteiger partial charge in [0.15, 0.2) is 0 Å². The number of nitrogens with one attached hydrogen (secondary N) is 1. The number of hydrogen-bond donors (Lipinski definition) is 1. The molecule has 1 aliphatic rings. The van der Waals surface area contributed by atoms with E-state index in [4.69, 9.17) is 11.6 Å². The lowest BCUT2D eigenvalue weighted by Crippen LogP contribution is -2.52. The summed E-state index contributed by atoms with van der Waals surface area (Å²) in [5, 5.41) is 4.03. The number of piperazine rings is 1. The molecule has 0 spiro atoms. The molecule has 0 aliphatic carbocycles. The molecular weight excluding hydrogens is 248 g/mol. The third-order valence-corrected chi connectivity index (χ3v) is 3.61. The van der Waals surface area contributed by atoms with Crippen LogP contribution >= 0.6 is 11.6 Å². The first-order chi connectivity index (χ1) is 8.66. The number of nitrogens with zero attached hydrogens (tertiary/aromatic N) is 1. The van der Waals surface area contributed by atoms with Crippen LogP contribution in [0.5, 0.6) is 0 Å². The van der Waals surface area contributed by atoms with Crippen molar-refractivity contribution in [2.75, 3.05) is 19.6 Å². The number of benzene rings is 1. The number of halogens is 1. The minimum atomic E-state index is 0.249. The van der Waals surface area contributed by atoms with Gasteiger partial charge in [0.05, 0.1) is 0 Å². The molecule has 2 rings (SSSR count). The van der Waals surface area contributed by atoms with Crippen molar-refractivity contribution >= 4 is 17.5 Å². The van der Waals surface area contributed by atoms with Crippen molar-refractivity contribution in [3.8, 4) is 0 Å². The van der Waals surface area contributed by atoms with Gasteiger partial charge in [-0.2, -0.15) is 0 Å². The van der Waals surface area contributed by atoms with E-state index in [0.717, 1.165) is 36.6 Å². The highest BCUT2D eigenvalue weighted by Crippen LogP contribution is 2.12. The molecule has 98 valence electrons. The Morgan fingerprint density at radius 3 is 2.83 bits per heavy atom. The molecule has 18 heavy (non-hydrogen) atoms. The first-order valence-electron chi connectivity index (χ1n) is 6.41. The first kappa shape index (κ1) is 13.4. The molecule has 1 aliphatic heterocycles. The summed E-state index contributed by atoms with van der Waals surface area (Å²) in [6, 6.07) is 8.01. The van der Waals surface area contributed by atoms with Gasteiger partial charge >= 0.3 is 0 Å². The third-order valence-electron chi connectivity index (χ3n) is 3.36. The Kier molecular flexibility index (Phi) is 4.61. The van der Waals surface area contributed by atoms with Crippen molar-refractivity contribution in [2.24, 2.45) is 0 Å². The Balaban J connectivity index is 1.85. The lowest BCUT2D eigenvalue weighted by molar-refractivity contribution is -0.133. The van der Waals surface area contributed by atoms with E-state index in [1.54, 1.807) is 0 Å². The third kappa shape index (κ3) is 3.47. The molecule has 1 heterocycles. The van der Waals surface area contributed by atoms with Gasteiger partial charge in [-0.25, -0.2) is 0 Å². The summed E-state index contributed by atoms with van der Waals surface area (Å²) in [7, 11) is 0. The van der Waals surface area contributed by atoms with Crippen molar-refractivity contribution < 1.29 is 4.79 Å². The van der Waals surface area contributed by atoms with E-state index in [2.05, 4.69) is 12.2 Å². The van der Waals surface area contributed by atoms with Crippen LogP contribution in [-0.4, -0.2) is 36.5 Å². The molecule has 1 aromatic carbocycles. The molecule has 0 saturated carbocycles. The zero-order valence-corrected chi connectivity index (χ0v) is 11.4. The van der Waals surface area contributed by atoms with Crippen LogP contribution in [0.15, 0.2) is 24.3 Å². The quantitative estimate of drug-likeness (QED) is 0.909. The van der Waals surface area contributed by atoms with Crippen LogP contribution in [-0.2, 0) is 11.2 Å². The van der Waals surface area contributed by atoms with Gasteiger partial charge in [-0.1, -0.05) is 23.7 Å². The second kappa shape index (κ2) is 6.21. The Hall–Kier alpha value is -1.06. The fraction of sp³-hybridized carbons (Fsp3) is 0.500. The minimum absolute atomic E-state index is 0.249. The monoisotopic (exact) mass is 266 g/mol. The summed E-state index contributed by atoms with van der Waals surface area (Å²) in [4.78, 5) is 14.1. The molecule has 1 atom stereocenters. The van der Waals surface area contributed by atoms with Gasteiger partial charge in [0.25, 0.3) is 0 Å². The second-order valence-corrected chi connectivity index (χ2v) is 5.20. The van der Waals surface area contributed by atoms with Crippen LogP contribution < -0.4 is 5.32 Å². The predicted octanol–water partition coefficient (Wildman–Crippen LogP) is 2.09. The summed E-state index contributed by atoms with van der Waals surface area (Å²) >= 11 is 5.83. The van der Waals surface area contributed by atoms with Gasteiger partial charge in [-0.15, -0.1) is 0 Å². The highest BCUT2D eigenvalue weighted by atomic mass is 35.5. The molecule has 0 bridgehead atoms. The average molecular weight is 267 g/mol. The molecule has 1 amide bonds. The van der Waals surface area contributed by atoms with Crippen molar-refractivity contribution in [1.29, 1.82) is 0 Å². The molecule has 0 radical (unpaired) electrons. The number of aryl methyl sites for hydroxylation is 1. The van der Waals surface area contributed by atoms with E-state index < -0.39 is 0 Å². The number of carbonyl (C=O) groups is 1. The molecular formula is C14H19ClN2O. The van der Waals surface area contributed by atoms with Crippen LogP contribution in [0.25, 0.3) is 0 Å². The molecule has 3 nitrogen and oxygen atoms in total. The van der Waals surface area contributed by atoms with E-state index in [0.29, 0.717) is 12.5 Å². The standard InChI is InChI=1S/C14H19ClN2O/c1-11-10-16-8-9-17(11)14(18)7-4-12-2-5-13(15)6-3-12/h2-3,5-6,11,16H,4,7-10H2,1H3/t11-/m0/s1. The van der Waals surface area contributed by atoms with Gasteiger partial charge in [0.2, 0.25) is 5.91 Å². The van der Waals surface area contributed by atoms with E-state index >= 15 is 0 Å². The smallest absolute Gasteiger partial charge is 0.223 e. The fourth-order valence-corrected chi connectivity index (χ4v) is 2.38. The van der Waals surface area contributed by atoms with Crippen LogP contribution in [0, 0.1) is 0 Å². The number of amides is 1. The van der Waals surface area contributed by atoms with Crippen LogP contribution in [0.2, 0.25) is 5.02 Å². The Morgan fingerprint density at radius 2 is 2.17 bits per heavy atom. The molecule has 1 aromatic rings. The van der Waals surface area contributed by atoms with Crippen molar-refractivity contribution in [1.82, 2.24) is 10.2 Å². The largest absolute Gasteiger partial charge is 0.337 e. The Labute approximate surface area is 113 Å². The van der Waals surface area contributed by atoms with Crippen molar-refractivity contribution in [3.63, 3.8) is 0 Å². The van der Waals surface area contributed by atoms with Crippen molar-refractivity contribution in [3.05, 3.63) is 34.9 Å². The van der Waals surface area contributed by atoms with Crippen LogP contribution in [0.4, 0.5) is 0 Å². The summed E-state index contributed by atoms with van der Waals surface area (Å²) in [6.45, 7) is 4.71. The molecule has 1 fully saturated rings. The van der Waals surface area contributed by atoms with Crippen LogP contribution in [0.1, 0.15) is 18.9 Å². The molecule has 0 aromatic heterocycles. The maximum absolute atomic E-state index is 12.1. The maximum atomic E-state index is 12.1.